The third-order valence-electron chi connectivity index (χ3n) is 3.56. The first-order valence-electron chi connectivity index (χ1n) is 7.69. The SMILES string of the molecule is C=CC(C)/C=C(\C)CN/C(=C/CC)C(CC)C(C)C. The lowest BCUT2D eigenvalue weighted by molar-refractivity contribution is 0.408. The van der Waals surface area contributed by atoms with Crippen LogP contribution in [0.5, 0.6) is 0 Å². The number of rotatable bonds is 9. The summed E-state index contributed by atoms with van der Waals surface area (Å²) in [5.41, 5.74) is 2.80. The van der Waals surface area contributed by atoms with Crippen LogP contribution in [0.2, 0.25) is 0 Å². The first-order valence-corrected chi connectivity index (χ1v) is 7.69. The first-order chi connectivity index (χ1) is 8.96. The molecule has 0 fully saturated rings. The molecule has 110 valence electrons. The van der Waals surface area contributed by atoms with Gasteiger partial charge in [-0.3, -0.25) is 0 Å². The van der Waals surface area contributed by atoms with Crippen LogP contribution >= 0.6 is 0 Å². The molecule has 1 N–H and O–H groups in total. The lowest BCUT2D eigenvalue weighted by Gasteiger charge is -2.24. The van der Waals surface area contributed by atoms with Crippen LogP contribution in [0.1, 0.15) is 54.4 Å². The minimum absolute atomic E-state index is 0.451. The topological polar surface area (TPSA) is 12.0 Å². The molecular formula is C18H33N. The molecule has 0 aromatic rings. The van der Waals surface area contributed by atoms with Gasteiger partial charge in [0.2, 0.25) is 0 Å². The highest BCUT2D eigenvalue weighted by Crippen LogP contribution is 2.22. The molecule has 0 saturated heterocycles. The highest BCUT2D eigenvalue weighted by Gasteiger charge is 2.15. The summed E-state index contributed by atoms with van der Waals surface area (Å²) in [4.78, 5) is 0. The van der Waals surface area contributed by atoms with Crippen molar-refractivity contribution in [2.45, 2.75) is 54.4 Å². The monoisotopic (exact) mass is 263 g/mol. The fourth-order valence-corrected chi connectivity index (χ4v) is 2.44. The molecule has 0 aromatic heterocycles. The van der Waals surface area contributed by atoms with Crippen LogP contribution in [0.3, 0.4) is 0 Å². The number of nitrogens with one attached hydrogen (secondary N) is 1. The Labute approximate surface area is 120 Å². The van der Waals surface area contributed by atoms with Gasteiger partial charge in [0.05, 0.1) is 0 Å². The highest BCUT2D eigenvalue weighted by molar-refractivity contribution is 5.12. The molecule has 0 aliphatic carbocycles. The standard InChI is InChI=1S/C18H33N/c1-8-11-18(17(10-3)14(4)5)19-13-16(7)12-15(6)9-2/h9,11-12,14-15,17,19H,2,8,10,13H2,1,3-7H3/b16-12+,18-11+. The normalized spacial score (nSPS) is 16.4. The van der Waals surface area contributed by atoms with Crippen molar-refractivity contribution in [3.63, 3.8) is 0 Å². The largest absolute Gasteiger partial charge is 0.385 e. The van der Waals surface area contributed by atoms with Gasteiger partial charge in [0.25, 0.3) is 0 Å². The fourth-order valence-electron chi connectivity index (χ4n) is 2.44. The van der Waals surface area contributed by atoms with E-state index >= 15 is 0 Å². The van der Waals surface area contributed by atoms with Gasteiger partial charge < -0.3 is 5.32 Å². The molecule has 0 aliphatic heterocycles. The molecule has 0 radical (unpaired) electrons. The summed E-state index contributed by atoms with van der Waals surface area (Å²) in [7, 11) is 0. The smallest absolute Gasteiger partial charge is 0.0354 e. The third-order valence-corrected chi connectivity index (χ3v) is 3.56. The summed E-state index contributed by atoms with van der Waals surface area (Å²) in [6.45, 7) is 18.2. The van der Waals surface area contributed by atoms with Crippen LogP contribution in [0.25, 0.3) is 0 Å². The summed E-state index contributed by atoms with van der Waals surface area (Å²) in [6.07, 6.45) is 8.90. The molecule has 0 amide bonds. The molecule has 0 rings (SSSR count). The van der Waals surface area contributed by atoms with Crippen LogP contribution in [0, 0.1) is 17.8 Å². The lowest BCUT2D eigenvalue weighted by atomic mass is 9.89. The molecule has 0 saturated carbocycles. The molecule has 2 unspecified atom stereocenters. The molecule has 0 heterocycles. The predicted octanol–water partition coefficient (Wildman–Crippen LogP) is 5.32. The van der Waals surface area contributed by atoms with E-state index in [0.29, 0.717) is 17.8 Å². The van der Waals surface area contributed by atoms with E-state index in [4.69, 9.17) is 0 Å². The fraction of sp³-hybridized carbons (Fsp3) is 0.667. The highest BCUT2D eigenvalue weighted by atomic mass is 14.9. The van der Waals surface area contributed by atoms with Crippen LogP contribution in [-0.4, -0.2) is 6.54 Å². The van der Waals surface area contributed by atoms with Crippen LogP contribution in [-0.2, 0) is 0 Å². The zero-order valence-electron chi connectivity index (χ0n) is 13.8. The average Bonchev–Trinajstić information content (AvgIpc) is 2.36. The molecule has 2 atom stereocenters. The van der Waals surface area contributed by atoms with Crippen molar-refractivity contribution in [2.24, 2.45) is 17.8 Å². The molecule has 0 aliphatic rings. The Morgan fingerprint density at radius 2 is 1.84 bits per heavy atom. The molecule has 0 aromatic carbocycles. The molecule has 0 bridgehead atoms. The summed E-state index contributed by atoms with van der Waals surface area (Å²) < 4.78 is 0. The van der Waals surface area contributed by atoms with Crippen molar-refractivity contribution in [1.82, 2.24) is 5.32 Å². The van der Waals surface area contributed by atoms with E-state index < -0.39 is 0 Å². The lowest BCUT2D eigenvalue weighted by Crippen LogP contribution is -2.25. The Morgan fingerprint density at radius 1 is 1.21 bits per heavy atom. The minimum atomic E-state index is 0.451. The van der Waals surface area contributed by atoms with Crippen LogP contribution in [0.15, 0.2) is 36.1 Å². The van der Waals surface area contributed by atoms with Crippen molar-refractivity contribution < 1.29 is 0 Å². The Balaban J connectivity index is 4.66. The second-order valence-corrected chi connectivity index (χ2v) is 5.79. The molecule has 1 heteroatoms. The Bertz CT molecular complexity index is 310. The molecule has 19 heavy (non-hydrogen) atoms. The maximum atomic E-state index is 3.83. The number of hydrogen-bond acceptors (Lipinski definition) is 1. The number of allylic oxidation sites excluding steroid dienone is 4. The number of hydrogen-bond donors (Lipinski definition) is 1. The van der Waals surface area contributed by atoms with Crippen LogP contribution < -0.4 is 5.32 Å². The first kappa shape index (κ1) is 18.0. The van der Waals surface area contributed by atoms with Gasteiger partial charge in [-0.1, -0.05) is 58.4 Å². The van der Waals surface area contributed by atoms with Crippen molar-refractivity contribution >= 4 is 0 Å². The molecule has 1 nitrogen and oxygen atoms in total. The van der Waals surface area contributed by atoms with Gasteiger partial charge in [0.1, 0.15) is 0 Å². The summed E-state index contributed by atoms with van der Waals surface area (Å²) >= 11 is 0. The van der Waals surface area contributed by atoms with Gasteiger partial charge in [-0.25, -0.2) is 0 Å². The minimum Gasteiger partial charge on any atom is -0.385 e. The zero-order valence-corrected chi connectivity index (χ0v) is 13.8. The predicted molar refractivity (Wildman–Crippen MR) is 88.1 cm³/mol. The van der Waals surface area contributed by atoms with Gasteiger partial charge in [-0.05, 0) is 31.6 Å². The zero-order chi connectivity index (χ0) is 14.8. The van der Waals surface area contributed by atoms with Crippen molar-refractivity contribution in [1.29, 1.82) is 0 Å². The van der Waals surface area contributed by atoms with Gasteiger partial charge in [0.15, 0.2) is 0 Å². The van der Waals surface area contributed by atoms with E-state index in [1.165, 1.54) is 17.7 Å². The summed E-state index contributed by atoms with van der Waals surface area (Å²) in [6, 6.07) is 0. The van der Waals surface area contributed by atoms with E-state index in [1.54, 1.807) is 0 Å². The second kappa shape index (κ2) is 9.89. The Kier molecular flexibility index (Phi) is 9.38. The van der Waals surface area contributed by atoms with Gasteiger partial charge >= 0.3 is 0 Å². The van der Waals surface area contributed by atoms with Gasteiger partial charge in [-0.15, -0.1) is 6.58 Å². The average molecular weight is 263 g/mol. The van der Waals surface area contributed by atoms with E-state index in [2.05, 4.69) is 65.6 Å². The quantitative estimate of drug-likeness (QED) is 0.555. The Hall–Kier alpha value is -0.980. The second-order valence-electron chi connectivity index (χ2n) is 5.79. The third kappa shape index (κ3) is 7.25. The van der Waals surface area contributed by atoms with Gasteiger partial charge in [0, 0.05) is 18.2 Å². The summed E-state index contributed by atoms with van der Waals surface area (Å²) in [5.74, 6) is 1.78. The van der Waals surface area contributed by atoms with E-state index in [-0.39, 0.29) is 0 Å². The van der Waals surface area contributed by atoms with Crippen molar-refractivity contribution in [3.05, 3.63) is 36.1 Å². The maximum absolute atomic E-state index is 3.83. The van der Waals surface area contributed by atoms with E-state index in [9.17, 15) is 0 Å². The van der Waals surface area contributed by atoms with Crippen LogP contribution in [0.4, 0.5) is 0 Å². The summed E-state index contributed by atoms with van der Waals surface area (Å²) in [5, 5.41) is 3.64. The van der Waals surface area contributed by atoms with E-state index in [0.717, 1.165) is 13.0 Å². The van der Waals surface area contributed by atoms with Gasteiger partial charge in [-0.2, -0.15) is 0 Å². The maximum Gasteiger partial charge on any atom is 0.0354 e. The Morgan fingerprint density at radius 3 is 2.26 bits per heavy atom. The van der Waals surface area contributed by atoms with E-state index in [1.807, 2.05) is 6.08 Å². The van der Waals surface area contributed by atoms with Crippen molar-refractivity contribution in [3.8, 4) is 0 Å². The van der Waals surface area contributed by atoms with Crippen molar-refractivity contribution in [2.75, 3.05) is 6.54 Å². The molecular weight excluding hydrogens is 230 g/mol. The molecule has 0 spiro atoms.